The summed E-state index contributed by atoms with van der Waals surface area (Å²) in [6.45, 7) is 6.93. The number of nitrogens with zero attached hydrogens (tertiary/aromatic N) is 3. The Hall–Kier alpha value is -1.46. The summed E-state index contributed by atoms with van der Waals surface area (Å²) in [4.78, 5) is 4.69. The summed E-state index contributed by atoms with van der Waals surface area (Å²) >= 11 is 0. The number of rotatable bonds is 2. The number of hydrogen-bond donors (Lipinski definition) is 1. The molecule has 5 heteroatoms. The third kappa shape index (κ3) is 3.00. The van der Waals surface area contributed by atoms with Gasteiger partial charge in [-0.15, -0.1) is 0 Å². The molecule has 0 amide bonds. The number of morpholine rings is 1. The number of hydrogen-bond acceptors (Lipinski definition) is 4. The highest BCUT2D eigenvalue weighted by Crippen LogP contribution is 2.35. The third-order valence-corrected chi connectivity index (χ3v) is 5.29. The van der Waals surface area contributed by atoms with Crippen molar-refractivity contribution in [2.45, 2.75) is 51.6 Å². The fraction of sp³-hybridized carbons (Fsp3) is 0.667. The van der Waals surface area contributed by atoms with Gasteiger partial charge in [-0.05, 0) is 31.7 Å². The molecule has 0 bridgehead atoms. The predicted octanol–water partition coefficient (Wildman–Crippen LogP) is 2.99. The summed E-state index contributed by atoms with van der Waals surface area (Å²) in [5, 5.41) is 8.33. The van der Waals surface area contributed by atoms with Gasteiger partial charge in [-0.3, -0.25) is 0 Å². The van der Waals surface area contributed by atoms with Crippen molar-refractivity contribution < 1.29 is 4.74 Å². The van der Waals surface area contributed by atoms with Crippen molar-refractivity contribution in [3.63, 3.8) is 0 Å². The Morgan fingerprint density at radius 3 is 2.78 bits per heavy atom. The Balaban J connectivity index is 1.69. The van der Waals surface area contributed by atoms with Crippen LogP contribution < -0.4 is 5.32 Å². The Bertz CT molecular complexity index is 682. The molecular formula is C18H26N4O. The molecule has 4 rings (SSSR count). The van der Waals surface area contributed by atoms with Gasteiger partial charge in [-0.2, -0.15) is 5.10 Å². The first-order chi connectivity index (χ1) is 11.2. The molecule has 124 valence electrons. The Morgan fingerprint density at radius 2 is 2.04 bits per heavy atom. The van der Waals surface area contributed by atoms with Crippen LogP contribution in [0.4, 0.5) is 0 Å². The van der Waals surface area contributed by atoms with Crippen LogP contribution in [0, 0.1) is 12.8 Å². The fourth-order valence-electron chi connectivity index (χ4n) is 3.89. The maximum atomic E-state index is 5.94. The van der Waals surface area contributed by atoms with Gasteiger partial charge < -0.3 is 10.1 Å². The summed E-state index contributed by atoms with van der Waals surface area (Å²) in [5.74, 6) is 1.45. The van der Waals surface area contributed by atoms with E-state index in [-0.39, 0.29) is 6.10 Å². The summed E-state index contributed by atoms with van der Waals surface area (Å²) in [6, 6.07) is 4.30. The Morgan fingerprint density at radius 1 is 1.22 bits per heavy atom. The van der Waals surface area contributed by atoms with Crippen LogP contribution in [0.2, 0.25) is 0 Å². The SMILES string of the molecule is Cc1cc([C@@H]2CNCCO2)n2nc([C@H]3CC[C@H](C)CC3)cc2n1. The minimum absolute atomic E-state index is 0.0621. The lowest BCUT2D eigenvalue weighted by Crippen LogP contribution is -2.34. The van der Waals surface area contributed by atoms with E-state index in [0.29, 0.717) is 5.92 Å². The summed E-state index contributed by atoms with van der Waals surface area (Å²) < 4.78 is 7.96. The van der Waals surface area contributed by atoms with E-state index in [9.17, 15) is 0 Å². The van der Waals surface area contributed by atoms with Gasteiger partial charge in [0, 0.05) is 30.8 Å². The van der Waals surface area contributed by atoms with E-state index in [1.54, 1.807) is 0 Å². The van der Waals surface area contributed by atoms with Gasteiger partial charge in [0.25, 0.3) is 0 Å². The van der Waals surface area contributed by atoms with Crippen LogP contribution in [0.25, 0.3) is 5.65 Å². The molecule has 1 saturated carbocycles. The highest BCUT2D eigenvalue weighted by Gasteiger charge is 2.25. The highest BCUT2D eigenvalue weighted by molar-refractivity contribution is 5.43. The number of nitrogens with one attached hydrogen (secondary N) is 1. The van der Waals surface area contributed by atoms with Gasteiger partial charge >= 0.3 is 0 Å². The first-order valence-corrected chi connectivity index (χ1v) is 8.90. The first kappa shape index (κ1) is 15.1. The van der Waals surface area contributed by atoms with E-state index in [1.807, 2.05) is 4.52 Å². The standard InChI is InChI=1S/C18H26N4O/c1-12-3-5-14(6-4-12)15-10-18-20-13(2)9-16(22(18)21-15)17-11-19-7-8-23-17/h9-10,12,14,17,19H,3-8,11H2,1-2H3/t12-,14-,17-/m0/s1. The van der Waals surface area contributed by atoms with Crippen LogP contribution in [-0.4, -0.2) is 34.3 Å². The summed E-state index contributed by atoms with van der Waals surface area (Å²) in [7, 11) is 0. The number of fused-ring (bicyclic) bond motifs is 1. The van der Waals surface area contributed by atoms with Crippen molar-refractivity contribution in [1.29, 1.82) is 0 Å². The lowest BCUT2D eigenvalue weighted by atomic mass is 9.81. The molecule has 2 aliphatic rings. The Labute approximate surface area is 137 Å². The van der Waals surface area contributed by atoms with Crippen molar-refractivity contribution in [3.8, 4) is 0 Å². The van der Waals surface area contributed by atoms with Gasteiger partial charge in [0.15, 0.2) is 5.65 Å². The molecular weight excluding hydrogens is 288 g/mol. The van der Waals surface area contributed by atoms with Crippen molar-refractivity contribution in [2.24, 2.45) is 5.92 Å². The number of ether oxygens (including phenoxy) is 1. The van der Waals surface area contributed by atoms with Crippen molar-refractivity contribution in [2.75, 3.05) is 19.7 Å². The normalized spacial score (nSPS) is 29.0. The molecule has 2 aromatic rings. The third-order valence-electron chi connectivity index (χ3n) is 5.29. The lowest BCUT2D eigenvalue weighted by Gasteiger charge is -2.25. The van der Waals surface area contributed by atoms with Crippen LogP contribution in [-0.2, 0) is 4.74 Å². The molecule has 1 saturated heterocycles. The molecule has 1 atom stereocenters. The van der Waals surface area contributed by atoms with Crippen molar-refractivity contribution in [1.82, 2.24) is 19.9 Å². The summed E-state index contributed by atoms with van der Waals surface area (Å²) in [5.41, 5.74) is 4.32. The second-order valence-electron chi connectivity index (χ2n) is 7.18. The quantitative estimate of drug-likeness (QED) is 0.926. The molecule has 0 unspecified atom stereocenters. The predicted molar refractivity (Wildman–Crippen MR) is 89.7 cm³/mol. The summed E-state index contributed by atoms with van der Waals surface area (Å²) in [6.07, 6.45) is 5.19. The molecule has 1 N–H and O–H groups in total. The zero-order valence-corrected chi connectivity index (χ0v) is 14.1. The highest BCUT2D eigenvalue weighted by atomic mass is 16.5. The molecule has 5 nitrogen and oxygen atoms in total. The second-order valence-corrected chi connectivity index (χ2v) is 7.18. The fourth-order valence-corrected chi connectivity index (χ4v) is 3.89. The minimum Gasteiger partial charge on any atom is -0.369 e. The van der Waals surface area contributed by atoms with Crippen LogP contribution in [0.15, 0.2) is 12.1 Å². The topological polar surface area (TPSA) is 51.5 Å². The van der Waals surface area contributed by atoms with E-state index in [0.717, 1.165) is 42.6 Å². The minimum atomic E-state index is 0.0621. The number of aryl methyl sites for hydroxylation is 1. The largest absolute Gasteiger partial charge is 0.369 e. The van der Waals surface area contributed by atoms with Crippen LogP contribution >= 0.6 is 0 Å². The molecule has 0 spiro atoms. The van der Waals surface area contributed by atoms with E-state index >= 15 is 0 Å². The lowest BCUT2D eigenvalue weighted by molar-refractivity contribution is 0.0236. The van der Waals surface area contributed by atoms with E-state index in [4.69, 9.17) is 9.84 Å². The molecule has 2 fully saturated rings. The van der Waals surface area contributed by atoms with Crippen molar-refractivity contribution in [3.05, 3.63) is 29.2 Å². The molecule has 0 radical (unpaired) electrons. The van der Waals surface area contributed by atoms with Gasteiger partial charge in [0.2, 0.25) is 0 Å². The van der Waals surface area contributed by atoms with E-state index in [2.05, 4.69) is 36.3 Å². The van der Waals surface area contributed by atoms with Crippen LogP contribution in [0.1, 0.15) is 61.7 Å². The molecule has 1 aliphatic carbocycles. The maximum absolute atomic E-state index is 5.94. The molecule has 1 aliphatic heterocycles. The molecule has 23 heavy (non-hydrogen) atoms. The van der Waals surface area contributed by atoms with Crippen LogP contribution in [0.3, 0.4) is 0 Å². The zero-order valence-electron chi connectivity index (χ0n) is 14.1. The monoisotopic (exact) mass is 314 g/mol. The average molecular weight is 314 g/mol. The number of aromatic nitrogens is 3. The zero-order chi connectivity index (χ0) is 15.8. The first-order valence-electron chi connectivity index (χ1n) is 8.90. The van der Waals surface area contributed by atoms with Gasteiger partial charge in [0.05, 0.1) is 18.0 Å². The second kappa shape index (κ2) is 6.21. The van der Waals surface area contributed by atoms with Crippen LogP contribution in [0.5, 0.6) is 0 Å². The van der Waals surface area contributed by atoms with Gasteiger partial charge in [-0.1, -0.05) is 19.8 Å². The smallest absolute Gasteiger partial charge is 0.155 e. The van der Waals surface area contributed by atoms with Gasteiger partial charge in [-0.25, -0.2) is 9.50 Å². The van der Waals surface area contributed by atoms with E-state index < -0.39 is 0 Å². The van der Waals surface area contributed by atoms with Crippen molar-refractivity contribution >= 4 is 5.65 Å². The molecule has 3 heterocycles. The van der Waals surface area contributed by atoms with Gasteiger partial charge in [0.1, 0.15) is 6.10 Å². The molecule has 0 aromatic carbocycles. The average Bonchev–Trinajstić information content (AvgIpc) is 2.99. The maximum Gasteiger partial charge on any atom is 0.155 e. The van der Waals surface area contributed by atoms with E-state index in [1.165, 1.54) is 31.4 Å². The molecule has 2 aromatic heterocycles. The Kier molecular flexibility index (Phi) is 4.07.